The van der Waals surface area contributed by atoms with Gasteiger partial charge in [-0.05, 0) is 43.5 Å². The lowest BCUT2D eigenvalue weighted by Gasteiger charge is -2.25. The van der Waals surface area contributed by atoms with Gasteiger partial charge in [0, 0.05) is 18.7 Å². The number of nitro benzene ring substituents is 1. The molecule has 1 fully saturated rings. The first kappa shape index (κ1) is 18.2. The Balaban J connectivity index is 1.83. The van der Waals surface area contributed by atoms with Crippen LogP contribution in [0.5, 0.6) is 5.75 Å². The molecule has 3 rings (SSSR count). The maximum atomic E-state index is 12.9. The standard InChI is InChI=1S/C19H19ClN2O4/c1-2-26-15-8-5-13(6-9-15)18-4-3-11-21(18)19(23)16-10-7-14(22(24)25)12-17(16)20/h5-10,12,18H,2-4,11H2,1H3/t18-/m1/s1. The van der Waals surface area contributed by atoms with Gasteiger partial charge in [0.15, 0.2) is 0 Å². The highest BCUT2D eigenvalue weighted by Crippen LogP contribution is 2.35. The molecule has 2 aromatic rings. The molecule has 1 aliphatic rings. The van der Waals surface area contributed by atoms with Gasteiger partial charge in [0.05, 0.1) is 28.2 Å². The SMILES string of the molecule is CCOc1ccc([C@H]2CCCN2C(=O)c2ccc([N+](=O)[O-])cc2Cl)cc1. The summed E-state index contributed by atoms with van der Waals surface area (Å²) in [7, 11) is 0. The Morgan fingerprint density at radius 2 is 2.04 bits per heavy atom. The maximum Gasteiger partial charge on any atom is 0.270 e. The minimum absolute atomic E-state index is 0.0376. The molecule has 0 unspecified atom stereocenters. The molecule has 1 saturated heterocycles. The topological polar surface area (TPSA) is 72.7 Å². The number of rotatable bonds is 5. The number of benzene rings is 2. The number of carbonyl (C=O) groups is 1. The third kappa shape index (κ3) is 3.65. The van der Waals surface area contributed by atoms with E-state index in [1.165, 1.54) is 18.2 Å². The van der Waals surface area contributed by atoms with Crippen LogP contribution < -0.4 is 4.74 Å². The zero-order valence-electron chi connectivity index (χ0n) is 14.4. The van der Waals surface area contributed by atoms with Crippen molar-refractivity contribution in [2.24, 2.45) is 0 Å². The monoisotopic (exact) mass is 374 g/mol. The van der Waals surface area contributed by atoms with Gasteiger partial charge in [-0.1, -0.05) is 23.7 Å². The van der Waals surface area contributed by atoms with Gasteiger partial charge < -0.3 is 9.64 Å². The number of nitrogens with zero attached hydrogens (tertiary/aromatic N) is 2. The number of nitro groups is 1. The fourth-order valence-electron chi connectivity index (χ4n) is 3.25. The molecule has 0 N–H and O–H groups in total. The summed E-state index contributed by atoms with van der Waals surface area (Å²) in [6.45, 7) is 3.16. The molecule has 0 spiro atoms. The highest BCUT2D eigenvalue weighted by molar-refractivity contribution is 6.34. The summed E-state index contributed by atoms with van der Waals surface area (Å²) in [5, 5.41) is 10.9. The molecule has 0 aliphatic carbocycles. The maximum absolute atomic E-state index is 12.9. The molecule has 6 nitrogen and oxygen atoms in total. The van der Waals surface area contributed by atoms with Crippen LogP contribution in [-0.2, 0) is 0 Å². The largest absolute Gasteiger partial charge is 0.494 e. The van der Waals surface area contributed by atoms with Crippen molar-refractivity contribution in [1.82, 2.24) is 4.90 Å². The number of ether oxygens (including phenoxy) is 1. The molecule has 1 aliphatic heterocycles. The number of hydrogen-bond acceptors (Lipinski definition) is 4. The first-order chi connectivity index (χ1) is 12.5. The number of halogens is 1. The molecule has 0 aromatic heterocycles. The minimum Gasteiger partial charge on any atom is -0.494 e. The average molecular weight is 375 g/mol. The van der Waals surface area contributed by atoms with E-state index in [0.717, 1.165) is 24.2 Å². The summed E-state index contributed by atoms with van der Waals surface area (Å²) in [6, 6.07) is 11.7. The van der Waals surface area contributed by atoms with E-state index < -0.39 is 4.92 Å². The number of amides is 1. The van der Waals surface area contributed by atoms with E-state index in [9.17, 15) is 14.9 Å². The Hall–Kier alpha value is -2.60. The van der Waals surface area contributed by atoms with Gasteiger partial charge in [0.2, 0.25) is 0 Å². The molecular weight excluding hydrogens is 356 g/mol. The van der Waals surface area contributed by atoms with Gasteiger partial charge in [-0.25, -0.2) is 0 Å². The van der Waals surface area contributed by atoms with Crippen LogP contribution in [-0.4, -0.2) is 28.9 Å². The molecule has 136 valence electrons. The van der Waals surface area contributed by atoms with E-state index in [0.29, 0.717) is 13.2 Å². The van der Waals surface area contributed by atoms with Crippen molar-refractivity contribution >= 4 is 23.2 Å². The normalized spacial score (nSPS) is 16.5. The molecular formula is C19H19ClN2O4. The number of hydrogen-bond donors (Lipinski definition) is 0. The highest BCUT2D eigenvalue weighted by Gasteiger charge is 2.31. The third-order valence-corrected chi connectivity index (χ3v) is 4.80. The van der Waals surface area contributed by atoms with Gasteiger partial charge in [-0.15, -0.1) is 0 Å². The van der Waals surface area contributed by atoms with Crippen LogP contribution in [0.1, 0.15) is 41.7 Å². The van der Waals surface area contributed by atoms with Crippen molar-refractivity contribution in [2.75, 3.05) is 13.2 Å². The van der Waals surface area contributed by atoms with Crippen LogP contribution in [0.25, 0.3) is 0 Å². The lowest BCUT2D eigenvalue weighted by Crippen LogP contribution is -2.30. The molecule has 7 heteroatoms. The second-order valence-electron chi connectivity index (χ2n) is 6.08. The summed E-state index contributed by atoms with van der Waals surface area (Å²) in [5.41, 5.74) is 1.20. The third-order valence-electron chi connectivity index (χ3n) is 4.48. The van der Waals surface area contributed by atoms with E-state index >= 15 is 0 Å². The van der Waals surface area contributed by atoms with Crippen LogP contribution in [0, 0.1) is 10.1 Å². The van der Waals surface area contributed by atoms with E-state index in [-0.39, 0.29) is 28.2 Å². The molecule has 0 saturated carbocycles. The Bertz CT molecular complexity index is 823. The van der Waals surface area contributed by atoms with Crippen molar-refractivity contribution in [3.05, 3.63) is 68.7 Å². The van der Waals surface area contributed by atoms with Crippen LogP contribution in [0.15, 0.2) is 42.5 Å². The molecule has 26 heavy (non-hydrogen) atoms. The van der Waals surface area contributed by atoms with Crippen LogP contribution >= 0.6 is 11.6 Å². The highest BCUT2D eigenvalue weighted by atomic mass is 35.5. The van der Waals surface area contributed by atoms with Crippen LogP contribution in [0.2, 0.25) is 5.02 Å². The lowest BCUT2D eigenvalue weighted by molar-refractivity contribution is -0.384. The summed E-state index contributed by atoms with van der Waals surface area (Å²) in [5.74, 6) is 0.590. The first-order valence-corrected chi connectivity index (χ1v) is 8.86. The molecule has 0 bridgehead atoms. The Morgan fingerprint density at radius 1 is 1.31 bits per heavy atom. The van der Waals surface area contributed by atoms with Gasteiger partial charge >= 0.3 is 0 Å². The Morgan fingerprint density at radius 3 is 2.65 bits per heavy atom. The van der Waals surface area contributed by atoms with Crippen LogP contribution in [0.4, 0.5) is 5.69 Å². The smallest absolute Gasteiger partial charge is 0.270 e. The summed E-state index contributed by atoms with van der Waals surface area (Å²) in [6.07, 6.45) is 1.76. The summed E-state index contributed by atoms with van der Waals surface area (Å²) < 4.78 is 5.46. The van der Waals surface area contributed by atoms with Crippen molar-refractivity contribution in [3.8, 4) is 5.75 Å². The average Bonchev–Trinajstić information content (AvgIpc) is 3.11. The predicted molar refractivity (Wildman–Crippen MR) is 98.7 cm³/mol. The number of likely N-dealkylation sites (tertiary alicyclic amines) is 1. The van der Waals surface area contributed by atoms with Crippen molar-refractivity contribution in [2.45, 2.75) is 25.8 Å². The van der Waals surface area contributed by atoms with Crippen molar-refractivity contribution in [3.63, 3.8) is 0 Å². The van der Waals surface area contributed by atoms with Crippen LogP contribution in [0.3, 0.4) is 0 Å². The lowest BCUT2D eigenvalue weighted by atomic mass is 10.0. The zero-order chi connectivity index (χ0) is 18.7. The molecule has 2 aromatic carbocycles. The molecule has 1 heterocycles. The summed E-state index contributed by atoms with van der Waals surface area (Å²) in [4.78, 5) is 25.0. The van der Waals surface area contributed by atoms with E-state index in [1.54, 1.807) is 4.90 Å². The fourth-order valence-corrected chi connectivity index (χ4v) is 3.51. The number of non-ortho nitro benzene ring substituents is 1. The summed E-state index contributed by atoms with van der Waals surface area (Å²) >= 11 is 6.13. The minimum atomic E-state index is -0.529. The van der Waals surface area contributed by atoms with Crippen molar-refractivity contribution in [1.29, 1.82) is 0 Å². The fraction of sp³-hybridized carbons (Fsp3) is 0.316. The second kappa shape index (κ2) is 7.74. The molecule has 1 atom stereocenters. The van der Waals surface area contributed by atoms with E-state index in [4.69, 9.17) is 16.3 Å². The second-order valence-corrected chi connectivity index (χ2v) is 6.49. The Kier molecular flexibility index (Phi) is 5.42. The number of carbonyl (C=O) groups excluding carboxylic acids is 1. The zero-order valence-corrected chi connectivity index (χ0v) is 15.1. The molecule has 0 radical (unpaired) electrons. The van der Waals surface area contributed by atoms with E-state index in [2.05, 4.69) is 0 Å². The predicted octanol–water partition coefficient (Wildman–Crippen LogP) is 4.62. The van der Waals surface area contributed by atoms with E-state index in [1.807, 2.05) is 31.2 Å². The Labute approximate surface area is 156 Å². The van der Waals surface area contributed by atoms with Gasteiger partial charge in [-0.2, -0.15) is 0 Å². The van der Waals surface area contributed by atoms with Gasteiger partial charge in [0.1, 0.15) is 5.75 Å². The quantitative estimate of drug-likeness (QED) is 0.565. The van der Waals surface area contributed by atoms with Gasteiger partial charge in [-0.3, -0.25) is 14.9 Å². The first-order valence-electron chi connectivity index (χ1n) is 8.49. The molecule has 1 amide bonds. The van der Waals surface area contributed by atoms with Crippen molar-refractivity contribution < 1.29 is 14.5 Å². The van der Waals surface area contributed by atoms with Gasteiger partial charge in [0.25, 0.3) is 11.6 Å².